The van der Waals surface area contributed by atoms with E-state index < -0.39 is 53.3 Å². The molecule has 0 aromatic heterocycles. The van der Waals surface area contributed by atoms with Gasteiger partial charge >= 0.3 is 17.9 Å². The summed E-state index contributed by atoms with van der Waals surface area (Å²) in [5, 5.41) is 0. The monoisotopic (exact) mass is 476 g/mol. The van der Waals surface area contributed by atoms with Gasteiger partial charge in [-0.2, -0.15) is 0 Å². The molecule has 2 aliphatic carbocycles. The van der Waals surface area contributed by atoms with Gasteiger partial charge in [0.25, 0.3) is 0 Å². The van der Waals surface area contributed by atoms with Crippen LogP contribution in [0.3, 0.4) is 0 Å². The fourth-order valence-corrected chi connectivity index (χ4v) is 6.36. The summed E-state index contributed by atoms with van der Waals surface area (Å²) >= 11 is 0. The largest absolute Gasteiger partial charge is 0.463 e. The van der Waals surface area contributed by atoms with Crippen molar-refractivity contribution in [2.24, 2.45) is 28.6 Å². The first-order valence-electron chi connectivity index (χ1n) is 11.9. The second-order valence-corrected chi connectivity index (χ2v) is 10.2. The third kappa shape index (κ3) is 4.44. The Bertz CT molecular complexity index is 906. The molecule has 34 heavy (non-hydrogen) atoms. The van der Waals surface area contributed by atoms with Gasteiger partial charge in [-0.1, -0.05) is 38.2 Å². The Morgan fingerprint density at radius 3 is 2.24 bits per heavy atom. The van der Waals surface area contributed by atoms with Crippen molar-refractivity contribution >= 4 is 23.7 Å². The van der Waals surface area contributed by atoms with Crippen molar-refractivity contribution in [3.63, 3.8) is 0 Å². The van der Waals surface area contributed by atoms with E-state index in [0.29, 0.717) is 12.8 Å². The van der Waals surface area contributed by atoms with Crippen molar-refractivity contribution in [1.82, 2.24) is 0 Å². The maximum atomic E-state index is 13.9. The second kappa shape index (κ2) is 9.64. The molecule has 8 nitrogen and oxygen atoms in total. The molecule has 2 saturated carbocycles. The van der Waals surface area contributed by atoms with Gasteiger partial charge in [0.05, 0.1) is 0 Å². The highest BCUT2D eigenvalue weighted by atomic mass is 16.8. The van der Waals surface area contributed by atoms with Crippen molar-refractivity contribution in [1.29, 1.82) is 0 Å². The van der Waals surface area contributed by atoms with E-state index in [0.717, 1.165) is 5.57 Å². The van der Waals surface area contributed by atoms with Gasteiger partial charge in [-0.3, -0.25) is 19.2 Å². The molecule has 8 heteroatoms. The Hall–Kier alpha value is -2.48. The van der Waals surface area contributed by atoms with E-state index in [1.54, 1.807) is 6.08 Å². The van der Waals surface area contributed by atoms with Crippen LogP contribution in [-0.4, -0.2) is 42.4 Å². The SMILES string of the molecule is C=C/C(C)=C\C[C@]1(C)[C@@H](C)CC(=O)[C@]23[C@H](OC(C)=O)O[C@H](OC(C)=O)[C@H]2C[C@@H](OC(C)=O)C[C@@H]13. The lowest BCUT2D eigenvalue weighted by Gasteiger charge is -2.59. The molecule has 0 amide bonds. The molecular weight excluding hydrogens is 440 g/mol. The minimum Gasteiger partial charge on any atom is -0.463 e. The summed E-state index contributed by atoms with van der Waals surface area (Å²) in [6.07, 6.45) is 2.72. The van der Waals surface area contributed by atoms with Crippen LogP contribution in [0.2, 0.25) is 0 Å². The number of ether oxygens (including phenoxy) is 4. The van der Waals surface area contributed by atoms with E-state index in [1.807, 2.05) is 13.8 Å². The summed E-state index contributed by atoms with van der Waals surface area (Å²) < 4.78 is 22.7. The van der Waals surface area contributed by atoms with E-state index in [-0.39, 0.29) is 30.5 Å². The average molecular weight is 477 g/mol. The van der Waals surface area contributed by atoms with Crippen molar-refractivity contribution in [3.05, 3.63) is 24.3 Å². The Labute approximate surface area is 201 Å². The summed E-state index contributed by atoms with van der Waals surface area (Å²) in [7, 11) is 0. The Morgan fingerprint density at radius 2 is 1.68 bits per heavy atom. The van der Waals surface area contributed by atoms with Crippen LogP contribution < -0.4 is 0 Å². The molecular formula is C26H36O8. The van der Waals surface area contributed by atoms with Gasteiger partial charge in [0.2, 0.25) is 12.6 Å². The number of carbonyl (C=O) groups excluding carboxylic acids is 4. The van der Waals surface area contributed by atoms with Crippen LogP contribution >= 0.6 is 0 Å². The molecule has 1 heterocycles. The maximum absolute atomic E-state index is 13.9. The number of allylic oxidation sites excluding steroid dienone is 3. The summed E-state index contributed by atoms with van der Waals surface area (Å²) in [5.74, 6) is -2.61. The molecule has 188 valence electrons. The molecule has 3 aliphatic rings. The summed E-state index contributed by atoms with van der Waals surface area (Å²) in [6, 6.07) is 0. The number of carbonyl (C=O) groups is 4. The highest BCUT2D eigenvalue weighted by Gasteiger charge is 2.74. The minimum absolute atomic E-state index is 0.00646. The number of rotatable bonds is 6. The molecule has 0 aromatic carbocycles. The molecule has 3 fully saturated rings. The van der Waals surface area contributed by atoms with Gasteiger partial charge in [-0.05, 0) is 43.4 Å². The predicted octanol–water partition coefficient (Wildman–Crippen LogP) is 3.88. The minimum atomic E-state index is -1.21. The number of ketones is 1. The van der Waals surface area contributed by atoms with Crippen LogP contribution in [-0.2, 0) is 38.1 Å². The summed E-state index contributed by atoms with van der Waals surface area (Å²) in [6.45, 7) is 13.8. The quantitative estimate of drug-likeness (QED) is 0.323. The van der Waals surface area contributed by atoms with Crippen molar-refractivity contribution < 1.29 is 38.1 Å². The predicted molar refractivity (Wildman–Crippen MR) is 122 cm³/mol. The standard InChI is InChI=1S/C26H36O8/c1-8-14(2)9-10-25(7)15(3)11-22(30)26-20(12-19(13-21(25)26)31-16(4)27)23(32-17(5)28)34-24(26)33-18(6)29/h8-9,15,19-21,23-24H,1,10-13H2,2-7H3/b14-9-/t15-,19+,20+,21-,23-,24+,25+,26-/m0/s1. The fraction of sp³-hybridized carbons (Fsp3) is 0.692. The lowest BCUT2D eigenvalue weighted by Crippen LogP contribution is -2.64. The van der Waals surface area contributed by atoms with Gasteiger partial charge in [0.1, 0.15) is 17.3 Å². The molecule has 3 rings (SSSR count). The molecule has 0 unspecified atom stereocenters. The van der Waals surface area contributed by atoms with Crippen LogP contribution in [0.25, 0.3) is 0 Å². The van der Waals surface area contributed by atoms with Crippen LogP contribution in [0.4, 0.5) is 0 Å². The Balaban J connectivity index is 2.19. The zero-order valence-corrected chi connectivity index (χ0v) is 20.9. The fourth-order valence-electron chi connectivity index (χ4n) is 6.36. The van der Waals surface area contributed by atoms with Gasteiger partial charge in [-0.15, -0.1) is 0 Å². The highest BCUT2D eigenvalue weighted by Crippen LogP contribution is 2.67. The first-order chi connectivity index (χ1) is 15.9. The van der Waals surface area contributed by atoms with E-state index >= 15 is 0 Å². The zero-order chi connectivity index (χ0) is 25.4. The first kappa shape index (κ1) is 26.1. The van der Waals surface area contributed by atoms with E-state index in [1.165, 1.54) is 20.8 Å². The molecule has 0 radical (unpaired) electrons. The van der Waals surface area contributed by atoms with Crippen LogP contribution in [0.5, 0.6) is 0 Å². The second-order valence-electron chi connectivity index (χ2n) is 10.2. The highest BCUT2D eigenvalue weighted by molar-refractivity contribution is 5.88. The third-order valence-electron chi connectivity index (χ3n) is 8.15. The van der Waals surface area contributed by atoms with Crippen molar-refractivity contribution in [2.45, 2.75) is 85.9 Å². The van der Waals surface area contributed by atoms with E-state index in [9.17, 15) is 19.2 Å². The van der Waals surface area contributed by atoms with E-state index in [4.69, 9.17) is 18.9 Å². The first-order valence-corrected chi connectivity index (χ1v) is 11.9. The van der Waals surface area contributed by atoms with Gasteiger partial charge in [0.15, 0.2) is 0 Å². The Kier molecular flexibility index (Phi) is 7.41. The van der Waals surface area contributed by atoms with Gasteiger partial charge in [-0.25, -0.2) is 0 Å². The smallest absolute Gasteiger partial charge is 0.304 e. The lowest BCUT2D eigenvalue weighted by molar-refractivity contribution is -0.231. The third-order valence-corrected chi connectivity index (χ3v) is 8.15. The molecule has 0 N–H and O–H groups in total. The maximum Gasteiger partial charge on any atom is 0.304 e. The average Bonchev–Trinajstić information content (AvgIpc) is 3.02. The number of hydrogen-bond acceptors (Lipinski definition) is 8. The van der Waals surface area contributed by atoms with Crippen LogP contribution in [0, 0.1) is 28.6 Å². The lowest BCUT2D eigenvalue weighted by atomic mass is 9.43. The molecule has 8 atom stereocenters. The van der Waals surface area contributed by atoms with Crippen LogP contribution in [0.1, 0.15) is 67.2 Å². The van der Waals surface area contributed by atoms with Crippen molar-refractivity contribution in [2.75, 3.05) is 0 Å². The summed E-state index contributed by atoms with van der Waals surface area (Å²) in [4.78, 5) is 49.8. The topological polar surface area (TPSA) is 105 Å². The molecule has 1 saturated heterocycles. The molecule has 1 spiro atoms. The summed E-state index contributed by atoms with van der Waals surface area (Å²) in [5.41, 5.74) is -0.609. The number of hydrogen-bond donors (Lipinski definition) is 0. The van der Waals surface area contributed by atoms with E-state index in [2.05, 4.69) is 19.6 Å². The number of esters is 3. The molecule has 1 aliphatic heterocycles. The van der Waals surface area contributed by atoms with Gasteiger partial charge in [0, 0.05) is 33.1 Å². The normalized spacial score (nSPS) is 39.5. The van der Waals surface area contributed by atoms with Gasteiger partial charge < -0.3 is 18.9 Å². The Morgan fingerprint density at radius 1 is 1.06 bits per heavy atom. The molecule has 0 bridgehead atoms. The molecule has 0 aromatic rings. The number of Topliss-reactive ketones (excluding diaryl/α,β-unsaturated/α-hetero) is 1. The van der Waals surface area contributed by atoms with Crippen LogP contribution in [0.15, 0.2) is 24.3 Å². The van der Waals surface area contributed by atoms with Crippen molar-refractivity contribution in [3.8, 4) is 0 Å². The zero-order valence-electron chi connectivity index (χ0n) is 20.9.